The zero-order valence-electron chi connectivity index (χ0n) is 20.9. The van der Waals surface area contributed by atoms with Crippen LogP contribution in [0.1, 0.15) is 62.1 Å². The summed E-state index contributed by atoms with van der Waals surface area (Å²) in [4.78, 5) is 40.2. The van der Waals surface area contributed by atoms with E-state index < -0.39 is 0 Å². The first-order valence-electron chi connectivity index (χ1n) is 12.4. The topological polar surface area (TPSA) is 79.6 Å². The lowest BCUT2D eigenvalue weighted by atomic mass is 9.97. The number of rotatable bonds is 5. The largest absolute Gasteiger partial charge is 0.349 e. The number of amides is 2. The molecule has 2 fully saturated rings. The van der Waals surface area contributed by atoms with E-state index in [0.29, 0.717) is 23.9 Å². The van der Waals surface area contributed by atoms with Gasteiger partial charge in [-0.2, -0.15) is 0 Å². The lowest BCUT2D eigenvalue weighted by Gasteiger charge is -2.35. The first kappa shape index (κ1) is 23.4. The number of thiazole rings is 2. The third-order valence-electron chi connectivity index (χ3n) is 7.80. The Morgan fingerprint density at radius 3 is 2.75 bits per heavy atom. The molecule has 6 rings (SSSR count). The van der Waals surface area contributed by atoms with Crippen molar-refractivity contribution in [3.05, 3.63) is 63.0 Å². The maximum absolute atomic E-state index is 14.0. The Bertz CT molecular complexity index is 1500. The van der Waals surface area contributed by atoms with Crippen LogP contribution < -0.4 is 5.32 Å². The van der Waals surface area contributed by atoms with Crippen molar-refractivity contribution in [2.45, 2.75) is 59.0 Å². The molecule has 0 unspecified atom stereocenters. The van der Waals surface area contributed by atoms with Crippen LogP contribution in [0, 0.1) is 33.6 Å². The average molecular weight is 520 g/mol. The Hall–Kier alpha value is -3.04. The van der Waals surface area contributed by atoms with E-state index in [1.54, 1.807) is 11.3 Å². The molecule has 9 heteroatoms. The van der Waals surface area contributed by atoms with Crippen molar-refractivity contribution >= 4 is 39.4 Å². The highest BCUT2D eigenvalue weighted by Gasteiger charge is 2.49. The second-order valence-corrected chi connectivity index (χ2v) is 12.1. The standard InChI is InChI=1S/C27H29N5O2S2/c1-14-5-6-19(11-15(14)2)24-22(30-17(4)36-24)26(34)32-20-8-7-18(12-20)21(32)13-28-25(33)23-16(3)29-27-31(23)9-10-35-27/h5-6,9-11,18,20-21H,7-8,12-13H2,1-4H3,(H,28,33)/t18-,20+,21+/m0/s1. The number of carbonyl (C=O) groups excluding carboxylic acids is 2. The van der Waals surface area contributed by atoms with E-state index in [9.17, 15) is 9.59 Å². The van der Waals surface area contributed by atoms with Crippen molar-refractivity contribution in [1.82, 2.24) is 24.6 Å². The first-order valence-corrected chi connectivity index (χ1v) is 14.1. The van der Waals surface area contributed by atoms with Crippen molar-refractivity contribution < 1.29 is 9.59 Å². The summed E-state index contributed by atoms with van der Waals surface area (Å²) in [6.07, 6.45) is 4.98. The van der Waals surface area contributed by atoms with Crippen LogP contribution in [0.3, 0.4) is 0 Å². The van der Waals surface area contributed by atoms with Crippen molar-refractivity contribution in [3.63, 3.8) is 0 Å². The Balaban J connectivity index is 1.27. The number of carbonyl (C=O) groups is 2. The smallest absolute Gasteiger partial charge is 0.274 e. The molecular weight excluding hydrogens is 490 g/mol. The molecule has 36 heavy (non-hydrogen) atoms. The van der Waals surface area contributed by atoms with Crippen molar-refractivity contribution in [3.8, 4) is 10.4 Å². The molecule has 0 radical (unpaired) electrons. The molecule has 4 heterocycles. The molecule has 2 bridgehead atoms. The van der Waals surface area contributed by atoms with E-state index in [2.05, 4.69) is 42.3 Å². The molecule has 2 aliphatic rings. The Labute approximate surface area is 218 Å². The number of imidazole rings is 1. The van der Waals surface area contributed by atoms with E-state index in [1.807, 2.05) is 34.7 Å². The number of hydrogen-bond acceptors (Lipinski definition) is 6. The third kappa shape index (κ3) is 3.76. The number of nitrogens with zero attached hydrogens (tertiary/aromatic N) is 4. The molecule has 1 aromatic carbocycles. The maximum atomic E-state index is 14.0. The lowest BCUT2D eigenvalue weighted by molar-refractivity contribution is 0.0577. The fourth-order valence-corrected chi connectivity index (χ4v) is 7.56. The Kier molecular flexibility index (Phi) is 5.72. The van der Waals surface area contributed by atoms with Gasteiger partial charge in [-0.25, -0.2) is 9.97 Å². The molecule has 186 valence electrons. The molecule has 3 aromatic heterocycles. The third-order valence-corrected chi connectivity index (χ3v) is 9.58. The number of nitrogens with one attached hydrogen (secondary N) is 1. The van der Waals surface area contributed by atoms with Crippen LogP contribution >= 0.6 is 22.7 Å². The highest BCUT2D eigenvalue weighted by atomic mass is 32.1. The number of piperidine rings is 1. The van der Waals surface area contributed by atoms with Gasteiger partial charge in [0.2, 0.25) is 0 Å². The molecule has 1 aliphatic carbocycles. The van der Waals surface area contributed by atoms with Gasteiger partial charge in [-0.1, -0.05) is 18.2 Å². The summed E-state index contributed by atoms with van der Waals surface area (Å²) >= 11 is 3.08. The van der Waals surface area contributed by atoms with Gasteiger partial charge in [0.1, 0.15) is 11.4 Å². The predicted octanol–water partition coefficient (Wildman–Crippen LogP) is 5.18. The van der Waals surface area contributed by atoms with Crippen LogP contribution in [-0.4, -0.2) is 49.7 Å². The van der Waals surface area contributed by atoms with E-state index in [1.165, 1.54) is 22.5 Å². The molecule has 1 saturated heterocycles. The highest BCUT2D eigenvalue weighted by Crippen LogP contribution is 2.44. The van der Waals surface area contributed by atoms with E-state index in [-0.39, 0.29) is 23.9 Å². The van der Waals surface area contributed by atoms with Crippen LogP contribution in [0.15, 0.2) is 29.8 Å². The summed E-state index contributed by atoms with van der Waals surface area (Å²) < 4.78 is 1.84. The number of benzene rings is 1. The quantitative estimate of drug-likeness (QED) is 0.394. The predicted molar refractivity (Wildman–Crippen MR) is 143 cm³/mol. The van der Waals surface area contributed by atoms with Gasteiger partial charge in [0.05, 0.1) is 21.6 Å². The van der Waals surface area contributed by atoms with E-state index in [0.717, 1.165) is 45.4 Å². The number of hydrogen-bond donors (Lipinski definition) is 1. The second-order valence-electron chi connectivity index (χ2n) is 10.0. The summed E-state index contributed by atoms with van der Waals surface area (Å²) in [7, 11) is 0. The molecule has 2 amide bonds. The van der Waals surface area contributed by atoms with Crippen LogP contribution in [0.5, 0.6) is 0 Å². The van der Waals surface area contributed by atoms with Gasteiger partial charge in [-0.15, -0.1) is 22.7 Å². The summed E-state index contributed by atoms with van der Waals surface area (Å²) in [5.41, 5.74) is 5.30. The van der Waals surface area contributed by atoms with Crippen molar-refractivity contribution in [1.29, 1.82) is 0 Å². The Morgan fingerprint density at radius 2 is 1.94 bits per heavy atom. The molecule has 1 N–H and O–H groups in total. The van der Waals surface area contributed by atoms with E-state index >= 15 is 0 Å². The normalized spacial score (nSPS) is 21.0. The first-order chi connectivity index (χ1) is 17.3. The maximum Gasteiger partial charge on any atom is 0.274 e. The minimum Gasteiger partial charge on any atom is -0.349 e. The van der Waals surface area contributed by atoms with Gasteiger partial charge >= 0.3 is 0 Å². The van der Waals surface area contributed by atoms with Crippen molar-refractivity contribution in [2.24, 2.45) is 5.92 Å². The minimum absolute atomic E-state index is 0.0141. The van der Waals surface area contributed by atoms with Gasteiger partial charge in [0.25, 0.3) is 11.8 Å². The fourth-order valence-electron chi connectivity index (χ4n) is 5.89. The van der Waals surface area contributed by atoms with Gasteiger partial charge in [-0.05, 0) is 69.6 Å². The number of aromatic nitrogens is 3. The lowest BCUT2D eigenvalue weighted by Crippen LogP contribution is -2.50. The molecule has 0 spiro atoms. The van der Waals surface area contributed by atoms with Crippen LogP contribution in [0.25, 0.3) is 15.4 Å². The summed E-state index contributed by atoms with van der Waals surface area (Å²) in [5.74, 6) is 0.241. The van der Waals surface area contributed by atoms with Gasteiger partial charge in [-0.3, -0.25) is 14.0 Å². The van der Waals surface area contributed by atoms with Crippen LogP contribution in [0.4, 0.5) is 0 Å². The minimum atomic E-state index is -0.145. The molecule has 1 aliphatic heterocycles. The SMILES string of the molecule is Cc1nc(C(=O)N2[C@@H]3CC[C@@H](C3)[C@H]2CNC(=O)c2c(C)nc3sccn23)c(-c2ccc(C)c(C)c2)s1. The molecular formula is C27H29N5O2S2. The van der Waals surface area contributed by atoms with Crippen LogP contribution in [-0.2, 0) is 0 Å². The summed E-state index contributed by atoms with van der Waals surface area (Å²) in [6, 6.07) is 6.51. The Morgan fingerprint density at radius 1 is 1.11 bits per heavy atom. The van der Waals surface area contributed by atoms with E-state index in [4.69, 9.17) is 4.98 Å². The second kappa shape index (κ2) is 8.81. The highest BCUT2D eigenvalue weighted by molar-refractivity contribution is 7.15. The molecule has 4 aromatic rings. The fraction of sp³-hybridized carbons (Fsp3) is 0.407. The molecule has 7 nitrogen and oxygen atoms in total. The molecule has 1 saturated carbocycles. The zero-order valence-corrected chi connectivity index (χ0v) is 22.5. The van der Waals surface area contributed by atoms with Gasteiger partial charge in [0, 0.05) is 24.2 Å². The molecule has 3 atom stereocenters. The number of fused-ring (bicyclic) bond motifs is 3. The zero-order chi connectivity index (χ0) is 25.1. The monoisotopic (exact) mass is 519 g/mol. The van der Waals surface area contributed by atoms with Crippen LogP contribution in [0.2, 0.25) is 0 Å². The van der Waals surface area contributed by atoms with Crippen molar-refractivity contribution in [2.75, 3.05) is 6.54 Å². The number of likely N-dealkylation sites (tertiary alicyclic amines) is 1. The van der Waals surface area contributed by atoms with Gasteiger partial charge in [0.15, 0.2) is 4.96 Å². The summed E-state index contributed by atoms with van der Waals surface area (Å²) in [5, 5.41) is 5.94. The average Bonchev–Trinajstić information content (AvgIpc) is 3.65. The van der Waals surface area contributed by atoms with Gasteiger partial charge < -0.3 is 10.2 Å². The number of aryl methyl sites for hydroxylation is 4. The summed E-state index contributed by atoms with van der Waals surface area (Å²) in [6.45, 7) is 8.45.